The first-order valence-corrected chi connectivity index (χ1v) is 15.2. The normalized spacial score (nSPS) is 15.3. The van der Waals surface area contributed by atoms with Crippen molar-refractivity contribution in [1.82, 2.24) is 4.57 Å². The number of nitrogens with zero attached hydrogens (tertiary/aromatic N) is 3. The molecule has 2 aromatic carbocycles. The van der Waals surface area contributed by atoms with Crippen molar-refractivity contribution in [3.05, 3.63) is 118 Å². The predicted octanol–water partition coefficient (Wildman–Crippen LogP) is 3.54. The Labute approximate surface area is 241 Å². The van der Waals surface area contributed by atoms with Crippen LogP contribution < -0.4 is 19.1 Å². The first-order chi connectivity index (χ1) is 19.6. The number of thiazole rings is 1. The lowest BCUT2D eigenvalue weighted by Crippen LogP contribution is -2.39. The van der Waals surface area contributed by atoms with Gasteiger partial charge < -0.3 is 8.92 Å². The van der Waals surface area contributed by atoms with Gasteiger partial charge in [-0.05, 0) is 61.2 Å². The zero-order valence-electron chi connectivity index (χ0n) is 21.5. The molecule has 0 amide bonds. The highest BCUT2D eigenvalue weighted by molar-refractivity contribution is 7.87. The van der Waals surface area contributed by atoms with Gasteiger partial charge in [0.15, 0.2) is 4.80 Å². The number of carbonyl (C=O) groups is 1. The van der Waals surface area contributed by atoms with Gasteiger partial charge in [0.2, 0.25) is 0 Å². The van der Waals surface area contributed by atoms with E-state index in [2.05, 4.69) is 4.99 Å². The molecular weight excluding hydrogens is 591 g/mol. The number of hydrogen-bond donors (Lipinski definition) is 0. The molecular formula is C27H21N3O8S3. The Bertz CT molecular complexity index is 1960. The Morgan fingerprint density at radius 1 is 1.15 bits per heavy atom. The van der Waals surface area contributed by atoms with Crippen molar-refractivity contribution in [2.24, 2.45) is 4.99 Å². The van der Waals surface area contributed by atoms with Crippen molar-refractivity contribution < 1.29 is 27.1 Å². The minimum absolute atomic E-state index is 0.0226. The largest absolute Gasteiger partial charge is 0.463 e. The summed E-state index contributed by atoms with van der Waals surface area (Å²) >= 11 is 2.60. The lowest BCUT2D eigenvalue weighted by molar-refractivity contribution is -0.384. The smallest absolute Gasteiger partial charge is 0.339 e. The van der Waals surface area contributed by atoms with Gasteiger partial charge in [-0.1, -0.05) is 29.5 Å². The fourth-order valence-electron chi connectivity index (χ4n) is 4.19. The molecule has 2 aromatic heterocycles. The highest BCUT2D eigenvalue weighted by Crippen LogP contribution is 2.33. The predicted molar refractivity (Wildman–Crippen MR) is 152 cm³/mol. The molecule has 0 unspecified atom stereocenters. The fourth-order valence-corrected chi connectivity index (χ4v) is 6.99. The second kappa shape index (κ2) is 11.2. The van der Waals surface area contributed by atoms with Crippen LogP contribution in [0.25, 0.3) is 6.08 Å². The van der Waals surface area contributed by atoms with E-state index in [9.17, 15) is 28.1 Å². The van der Waals surface area contributed by atoms with E-state index in [4.69, 9.17) is 8.92 Å². The summed E-state index contributed by atoms with van der Waals surface area (Å²) in [7, 11) is -4.22. The summed E-state index contributed by atoms with van der Waals surface area (Å²) < 4.78 is 37.5. The van der Waals surface area contributed by atoms with Gasteiger partial charge in [-0.3, -0.25) is 19.5 Å². The van der Waals surface area contributed by atoms with Gasteiger partial charge in [-0.15, -0.1) is 11.3 Å². The number of nitro groups is 1. The molecule has 0 aliphatic carbocycles. The van der Waals surface area contributed by atoms with E-state index in [1.54, 1.807) is 32.1 Å². The summed E-state index contributed by atoms with van der Waals surface area (Å²) in [5, 5.41) is 12.7. The molecule has 0 saturated carbocycles. The van der Waals surface area contributed by atoms with Crippen LogP contribution >= 0.6 is 22.7 Å². The number of fused-ring (bicyclic) bond motifs is 1. The quantitative estimate of drug-likeness (QED) is 0.127. The zero-order valence-corrected chi connectivity index (χ0v) is 24.0. The second-order valence-corrected chi connectivity index (χ2v) is 12.2. The van der Waals surface area contributed by atoms with E-state index in [1.807, 2.05) is 17.5 Å². The average molecular weight is 612 g/mol. The lowest BCUT2D eigenvalue weighted by atomic mass is 10.0. The Morgan fingerprint density at radius 2 is 1.85 bits per heavy atom. The number of rotatable bonds is 8. The number of nitro benzene ring substituents is 1. The molecule has 4 aromatic rings. The number of benzene rings is 2. The standard InChI is InChI=1S/C27H21N3O8S3/c1-3-37-26(32)23-16(2)28-27-29(24(23)21-5-4-14-39-21)25(31)22(40-27)15-17-6-10-19(11-7-17)38-41(35,36)20-12-8-18(9-13-20)30(33)34/h4-15,24H,3H2,1-2H3/b22-15-/t24-/m1/s1. The van der Waals surface area contributed by atoms with Crippen molar-refractivity contribution in [1.29, 1.82) is 0 Å². The third-order valence-corrected chi connectivity index (χ3v) is 9.22. The second-order valence-electron chi connectivity index (χ2n) is 8.68. The lowest BCUT2D eigenvalue weighted by Gasteiger charge is -2.23. The third-order valence-electron chi connectivity index (χ3n) is 6.05. The maximum atomic E-state index is 13.6. The summed E-state index contributed by atoms with van der Waals surface area (Å²) in [5.41, 5.74) is 0.814. The number of ether oxygens (including phenoxy) is 1. The molecule has 41 heavy (non-hydrogen) atoms. The molecule has 3 heterocycles. The minimum atomic E-state index is -4.22. The average Bonchev–Trinajstić information content (AvgIpc) is 3.57. The van der Waals surface area contributed by atoms with Gasteiger partial charge in [-0.25, -0.2) is 9.79 Å². The van der Waals surface area contributed by atoms with Crippen LogP contribution in [0.3, 0.4) is 0 Å². The molecule has 0 radical (unpaired) electrons. The summed E-state index contributed by atoms with van der Waals surface area (Å²) in [6.07, 6.45) is 1.65. The first kappa shape index (κ1) is 28.1. The zero-order chi connectivity index (χ0) is 29.3. The van der Waals surface area contributed by atoms with Gasteiger partial charge in [0.1, 0.15) is 16.7 Å². The Balaban J connectivity index is 1.46. The maximum absolute atomic E-state index is 13.6. The van der Waals surface area contributed by atoms with Crippen LogP contribution in [0.2, 0.25) is 0 Å². The van der Waals surface area contributed by atoms with Crippen LogP contribution in [0.5, 0.6) is 5.75 Å². The number of esters is 1. The van der Waals surface area contributed by atoms with Gasteiger partial charge >= 0.3 is 16.1 Å². The first-order valence-electron chi connectivity index (χ1n) is 12.1. The fraction of sp³-hybridized carbons (Fsp3) is 0.148. The molecule has 1 atom stereocenters. The van der Waals surface area contributed by atoms with Crippen LogP contribution in [-0.2, 0) is 19.6 Å². The minimum Gasteiger partial charge on any atom is -0.463 e. The van der Waals surface area contributed by atoms with Crippen molar-refractivity contribution in [3.63, 3.8) is 0 Å². The maximum Gasteiger partial charge on any atom is 0.339 e. The number of thiophene rings is 1. The van der Waals surface area contributed by atoms with E-state index in [0.717, 1.165) is 29.1 Å². The summed E-state index contributed by atoms with van der Waals surface area (Å²) in [4.78, 5) is 42.2. The summed E-state index contributed by atoms with van der Waals surface area (Å²) in [5.74, 6) is -0.505. The van der Waals surface area contributed by atoms with E-state index in [0.29, 0.717) is 26.2 Å². The van der Waals surface area contributed by atoms with Gasteiger partial charge in [0.25, 0.3) is 11.2 Å². The topological polar surface area (TPSA) is 147 Å². The van der Waals surface area contributed by atoms with Gasteiger partial charge in [0.05, 0.1) is 27.3 Å². The van der Waals surface area contributed by atoms with Crippen LogP contribution in [0.1, 0.15) is 30.3 Å². The van der Waals surface area contributed by atoms with E-state index >= 15 is 0 Å². The molecule has 11 nitrogen and oxygen atoms in total. The molecule has 0 fully saturated rings. The monoisotopic (exact) mass is 611 g/mol. The number of aromatic nitrogens is 1. The van der Waals surface area contributed by atoms with Crippen molar-refractivity contribution in [2.75, 3.05) is 6.61 Å². The van der Waals surface area contributed by atoms with Crippen molar-refractivity contribution >= 4 is 50.5 Å². The molecule has 1 aliphatic rings. The molecule has 0 spiro atoms. The molecule has 210 valence electrons. The SMILES string of the molecule is CCOC(=O)C1=C(C)N=c2s/c(=C\c3ccc(OS(=O)(=O)c4ccc([N+](=O)[O-])cc4)cc3)c(=O)n2[C@@H]1c1cccs1. The van der Waals surface area contributed by atoms with E-state index in [-0.39, 0.29) is 28.5 Å². The number of hydrogen-bond acceptors (Lipinski definition) is 11. The van der Waals surface area contributed by atoms with Crippen LogP contribution in [0.4, 0.5) is 5.69 Å². The van der Waals surface area contributed by atoms with Crippen LogP contribution in [0.15, 0.2) is 92.0 Å². The molecule has 5 rings (SSSR count). The van der Waals surface area contributed by atoms with Crippen molar-refractivity contribution in [2.45, 2.75) is 24.8 Å². The number of allylic oxidation sites excluding steroid dienone is 1. The highest BCUT2D eigenvalue weighted by atomic mass is 32.2. The molecule has 1 aliphatic heterocycles. The summed E-state index contributed by atoms with van der Waals surface area (Å²) in [6, 6.07) is 13.4. The molecule has 0 saturated heterocycles. The number of carbonyl (C=O) groups excluding carboxylic acids is 1. The van der Waals surface area contributed by atoms with Crippen molar-refractivity contribution in [3.8, 4) is 5.75 Å². The molecule has 0 bridgehead atoms. The van der Waals surface area contributed by atoms with E-state index < -0.39 is 27.1 Å². The Kier molecular flexibility index (Phi) is 7.71. The van der Waals surface area contributed by atoms with Crippen LogP contribution in [-0.4, -0.2) is 30.5 Å². The van der Waals surface area contributed by atoms with E-state index in [1.165, 1.54) is 39.4 Å². The highest BCUT2D eigenvalue weighted by Gasteiger charge is 2.33. The molecule has 0 N–H and O–H groups in total. The molecule has 14 heteroatoms. The van der Waals surface area contributed by atoms with Gasteiger partial charge in [-0.2, -0.15) is 8.42 Å². The Morgan fingerprint density at radius 3 is 2.46 bits per heavy atom. The Hall–Kier alpha value is -4.40. The van der Waals surface area contributed by atoms with Gasteiger partial charge in [0, 0.05) is 17.0 Å². The third kappa shape index (κ3) is 5.62. The summed E-state index contributed by atoms with van der Waals surface area (Å²) in [6.45, 7) is 3.62. The number of non-ortho nitro benzene ring substituents is 1. The van der Waals surface area contributed by atoms with Crippen LogP contribution in [0, 0.1) is 10.1 Å².